The van der Waals surface area contributed by atoms with E-state index >= 15 is 0 Å². The number of hydrogen-bond acceptors (Lipinski definition) is 2. The van der Waals surface area contributed by atoms with Gasteiger partial charge in [0.15, 0.2) is 0 Å². The Morgan fingerprint density at radius 3 is 2.57 bits per heavy atom. The van der Waals surface area contributed by atoms with E-state index in [4.69, 9.17) is 6.42 Å². The first-order chi connectivity index (χ1) is 11.2. The Morgan fingerprint density at radius 1 is 1.17 bits per heavy atom. The first-order valence-electron chi connectivity index (χ1n) is 7.02. The van der Waals surface area contributed by atoms with Crippen molar-refractivity contribution in [2.45, 2.75) is 12.5 Å². The fraction of sp³-hybridized carbons (Fsp3) is 0.111. The Labute approximate surface area is 142 Å². The second-order valence-electron chi connectivity index (χ2n) is 5.10. The maximum Gasteiger partial charge on any atom is 0.123 e. The SMILES string of the molecule is C#Cc1cnn(C(Cc2ccc(F)cc2)c2ccc(Br)cn2)c1. The lowest BCUT2D eigenvalue weighted by Gasteiger charge is -2.17. The molecule has 1 atom stereocenters. The van der Waals surface area contributed by atoms with Gasteiger partial charge in [0, 0.05) is 23.3 Å². The van der Waals surface area contributed by atoms with Crippen LogP contribution in [0.4, 0.5) is 4.39 Å². The maximum absolute atomic E-state index is 13.1. The highest BCUT2D eigenvalue weighted by atomic mass is 79.9. The Morgan fingerprint density at radius 2 is 1.96 bits per heavy atom. The van der Waals surface area contributed by atoms with Crippen molar-refractivity contribution in [1.82, 2.24) is 14.8 Å². The van der Waals surface area contributed by atoms with E-state index in [9.17, 15) is 4.39 Å². The van der Waals surface area contributed by atoms with Crippen LogP contribution in [0.25, 0.3) is 0 Å². The van der Waals surface area contributed by atoms with E-state index in [2.05, 4.69) is 31.9 Å². The summed E-state index contributed by atoms with van der Waals surface area (Å²) in [6.45, 7) is 0. The molecule has 1 aromatic carbocycles. The van der Waals surface area contributed by atoms with Gasteiger partial charge in [-0.15, -0.1) is 6.42 Å². The average Bonchev–Trinajstić information content (AvgIpc) is 3.04. The van der Waals surface area contributed by atoms with Crippen LogP contribution < -0.4 is 0 Å². The van der Waals surface area contributed by atoms with Crippen LogP contribution in [0.2, 0.25) is 0 Å². The Kier molecular flexibility index (Phi) is 4.54. The molecule has 5 heteroatoms. The monoisotopic (exact) mass is 369 g/mol. The highest BCUT2D eigenvalue weighted by molar-refractivity contribution is 9.10. The van der Waals surface area contributed by atoms with Gasteiger partial charge >= 0.3 is 0 Å². The number of aromatic nitrogens is 3. The minimum atomic E-state index is -0.249. The summed E-state index contributed by atoms with van der Waals surface area (Å²) in [5.41, 5.74) is 2.58. The van der Waals surface area contributed by atoms with Crippen LogP contribution in [0.3, 0.4) is 0 Å². The largest absolute Gasteiger partial charge is 0.262 e. The lowest BCUT2D eigenvalue weighted by Crippen LogP contribution is -2.15. The van der Waals surface area contributed by atoms with Gasteiger partial charge in [-0.25, -0.2) is 4.39 Å². The van der Waals surface area contributed by atoms with Crippen molar-refractivity contribution in [1.29, 1.82) is 0 Å². The van der Waals surface area contributed by atoms with E-state index in [1.54, 1.807) is 29.2 Å². The summed E-state index contributed by atoms with van der Waals surface area (Å²) >= 11 is 3.39. The van der Waals surface area contributed by atoms with E-state index in [0.29, 0.717) is 12.0 Å². The third-order valence-corrected chi connectivity index (χ3v) is 3.99. The minimum absolute atomic E-state index is 0.115. The summed E-state index contributed by atoms with van der Waals surface area (Å²) in [4.78, 5) is 4.47. The molecule has 0 saturated carbocycles. The molecule has 2 aromatic heterocycles. The maximum atomic E-state index is 13.1. The molecule has 3 nitrogen and oxygen atoms in total. The molecule has 0 spiro atoms. The van der Waals surface area contributed by atoms with Crippen LogP contribution in [-0.2, 0) is 6.42 Å². The van der Waals surface area contributed by atoms with Gasteiger partial charge in [0.2, 0.25) is 0 Å². The molecule has 2 heterocycles. The van der Waals surface area contributed by atoms with Crippen molar-refractivity contribution < 1.29 is 4.39 Å². The van der Waals surface area contributed by atoms with Crippen molar-refractivity contribution in [2.24, 2.45) is 0 Å². The predicted molar refractivity (Wildman–Crippen MR) is 90.3 cm³/mol. The summed E-state index contributed by atoms with van der Waals surface area (Å²) in [6, 6.07) is 10.2. The lowest BCUT2D eigenvalue weighted by atomic mass is 10.0. The molecule has 3 aromatic rings. The van der Waals surface area contributed by atoms with E-state index < -0.39 is 0 Å². The molecule has 0 N–H and O–H groups in total. The van der Waals surface area contributed by atoms with E-state index in [1.807, 2.05) is 18.3 Å². The molecular weight excluding hydrogens is 357 g/mol. The van der Waals surface area contributed by atoms with E-state index in [-0.39, 0.29) is 11.9 Å². The molecule has 3 rings (SSSR count). The highest BCUT2D eigenvalue weighted by Crippen LogP contribution is 2.23. The van der Waals surface area contributed by atoms with Gasteiger partial charge in [0.25, 0.3) is 0 Å². The summed E-state index contributed by atoms with van der Waals surface area (Å²) < 4.78 is 15.8. The second kappa shape index (κ2) is 6.76. The normalized spacial score (nSPS) is 11.9. The molecule has 0 amide bonds. The van der Waals surface area contributed by atoms with Crippen LogP contribution >= 0.6 is 15.9 Å². The predicted octanol–water partition coefficient (Wildman–Crippen LogP) is 3.99. The minimum Gasteiger partial charge on any atom is -0.262 e. The molecular formula is C18H13BrFN3. The van der Waals surface area contributed by atoms with Gasteiger partial charge in [-0.2, -0.15) is 5.10 Å². The molecule has 0 aliphatic heterocycles. The van der Waals surface area contributed by atoms with E-state index in [1.165, 1.54) is 12.1 Å². The number of halogens is 2. The van der Waals surface area contributed by atoms with Gasteiger partial charge in [-0.05, 0) is 45.8 Å². The standard InChI is InChI=1S/C18H13BrFN3/c1-2-13-10-22-23(12-13)18(17-8-5-15(19)11-21-17)9-14-3-6-16(20)7-4-14/h1,3-8,10-12,18H,9H2. The van der Waals surface area contributed by atoms with E-state index in [0.717, 1.165) is 15.7 Å². The Balaban J connectivity index is 1.97. The number of hydrogen-bond donors (Lipinski definition) is 0. The summed E-state index contributed by atoms with van der Waals surface area (Å²) in [5, 5.41) is 4.35. The van der Waals surface area contributed by atoms with Crippen LogP contribution in [-0.4, -0.2) is 14.8 Å². The second-order valence-corrected chi connectivity index (χ2v) is 6.02. The van der Waals surface area contributed by atoms with Crippen LogP contribution in [0.5, 0.6) is 0 Å². The van der Waals surface area contributed by atoms with Crippen LogP contribution in [0.1, 0.15) is 22.9 Å². The molecule has 0 fully saturated rings. The number of pyridine rings is 1. The molecule has 0 bridgehead atoms. The molecule has 0 aliphatic carbocycles. The molecule has 114 valence electrons. The number of terminal acetylenes is 1. The van der Waals surface area contributed by atoms with Gasteiger partial charge < -0.3 is 0 Å². The third kappa shape index (κ3) is 3.66. The molecule has 0 radical (unpaired) electrons. The number of benzene rings is 1. The fourth-order valence-corrected chi connectivity index (χ4v) is 2.58. The van der Waals surface area contributed by atoms with Crippen molar-refractivity contribution in [3.63, 3.8) is 0 Å². The molecule has 23 heavy (non-hydrogen) atoms. The first-order valence-corrected chi connectivity index (χ1v) is 7.81. The molecule has 0 saturated heterocycles. The zero-order chi connectivity index (χ0) is 16.2. The van der Waals surface area contributed by atoms with Gasteiger partial charge in [-0.1, -0.05) is 18.1 Å². The van der Waals surface area contributed by atoms with Crippen molar-refractivity contribution in [3.8, 4) is 12.3 Å². The van der Waals surface area contributed by atoms with Gasteiger partial charge in [-0.3, -0.25) is 9.67 Å². The van der Waals surface area contributed by atoms with Gasteiger partial charge in [0.05, 0.1) is 23.5 Å². The van der Waals surface area contributed by atoms with Crippen molar-refractivity contribution in [2.75, 3.05) is 0 Å². The molecule has 0 aliphatic rings. The Bertz CT molecular complexity index is 832. The van der Waals surface area contributed by atoms with Gasteiger partial charge in [0.1, 0.15) is 5.82 Å². The third-order valence-electron chi connectivity index (χ3n) is 3.52. The van der Waals surface area contributed by atoms with Crippen LogP contribution in [0, 0.1) is 18.2 Å². The van der Waals surface area contributed by atoms with Crippen LogP contribution in [0.15, 0.2) is 59.5 Å². The summed E-state index contributed by atoms with van der Waals surface area (Å²) in [5.74, 6) is 2.32. The molecule has 1 unspecified atom stereocenters. The zero-order valence-corrected chi connectivity index (χ0v) is 13.7. The smallest absolute Gasteiger partial charge is 0.123 e. The average molecular weight is 370 g/mol. The zero-order valence-electron chi connectivity index (χ0n) is 12.2. The highest BCUT2D eigenvalue weighted by Gasteiger charge is 2.17. The quantitative estimate of drug-likeness (QED) is 0.651. The van der Waals surface area contributed by atoms with Crippen molar-refractivity contribution >= 4 is 15.9 Å². The number of rotatable bonds is 4. The lowest BCUT2D eigenvalue weighted by molar-refractivity contribution is 0.508. The summed E-state index contributed by atoms with van der Waals surface area (Å²) in [6.07, 6.45) is 11.3. The number of nitrogens with zero attached hydrogens (tertiary/aromatic N) is 3. The summed E-state index contributed by atoms with van der Waals surface area (Å²) in [7, 11) is 0. The topological polar surface area (TPSA) is 30.7 Å². The first kappa shape index (κ1) is 15.4. The fourth-order valence-electron chi connectivity index (χ4n) is 2.34. The Hall–Kier alpha value is -2.45. The van der Waals surface area contributed by atoms with Crippen molar-refractivity contribution in [3.05, 3.63) is 82.1 Å².